The zero-order valence-corrected chi connectivity index (χ0v) is 11.4. The normalized spacial score (nSPS) is 16.9. The summed E-state index contributed by atoms with van der Waals surface area (Å²) in [5.74, 6) is 0.188. The lowest BCUT2D eigenvalue weighted by atomic mass is 10.4. The fraction of sp³-hybridized carbons (Fsp3) is 0.667. The Morgan fingerprint density at radius 3 is 2.89 bits per heavy atom. The first-order chi connectivity index (χ1) is 9.15. The van der Waals surface area contributed by atoms with Crippen LogP contribution in [0, 0.1) is 13.8 Å². The third kappa shape index (κ3) is 4.22. The van der Waals surface area contributed by atoms with Gasteiger partial charge in [-0.2, -0.15) is 5.10 Å². The van der Waals surface area contributed by atoms with Crippen molar-refractivity contribution in [1.82, 2.24) is 25.4 Å². The highest BCUT2D eigenvalue weighted by atomic mass is 16.2. The van der Waals surface area contributed by atoms with Gasteiger partial charge in [0.15, 0.2) is 0 Å². The molecule has 0 radical (unpaired) electrons. The second kappa shape index (κ2) is 6.53. The zero-order valence-electron chi connectivity index (χ0n) is 11.4. The number of aromatic nitrogens is 3. The van der Waals surface area contributed by atoms with Gasteiger partial charge in [-0.15, -0.1) is 5.10 Å². The van der Waals surface area contributed by atoms with Gasteiger partial charge in [0.2, 0.25) is 11.9 Å². The lowest BCUT2D eigenvalue weighted by Crippen LogP contribution is -2.36. The van der Waals surface area contributed by atoms with Crippen LogP contribution in [0.15, 0.2) is 0 Å². The van der Waals surface area contributed by atoms with Crippen molar-refractivity contribution in [3.05, 3.63) is 11.4 Å². The molecule has 1 saturated heterocycles. The van der Waals surface area contributed by atoms with Gasteiger partial charge in [-0.25, -0.2) is 4.98 Å². The van der Waals surface area contributed by atoms with Crippen LogP contribution in [0.3, 0.4) is 0 Å². The molecular weight excluding hydrogens is 244 g/mol. The standard InChI is InChI=1S/C12H20N6O/c1-9-10(2)16-17-12(14-9)15-11(19)8-18-6-3-4-13-5-7-18/h13H,3-8H2,1-2H3,(H,14,15,17,19). The van der Waals surface area contributed by atoms with Crippen LogP contribution in [-0.4, -0.2) is 58.7 Å². The summed E-state index contributed by atoms with van der Waals surface area (Å²) < 4.78 is 0. The van der Waals surface area contributed by atoms with Crippen molar-refractivity contribution in [3.8, 4) is 0 Å². The molecule has 0 unspecified atom stereocenters. The number of nitrogens with zero attached hydrogens (tertiary/aromatic N) is 4. The van der Waals surface area contributed by atoms with Crippen molar-refractivity contribution in [2.75, 3.05) is 38.0 Å². The third-order valence-electron chi connectivity index (χ3n) is 3.14. The van der Waals surface area contributed by atoms with Crippen molar-refractivity contribution >= 4 is 11.9 Å². The van der Waals surface area contributed by atoms with Crippen LogP contribution in [0.1, 0.15) is 17.8 Å². The number of carbonyl (C=O) groups is 1. The summed E-state index contributed by atoms with van der Waals surface area (Å²) in [6.45, 7) is 7.83. The van der Waals surface area contributed by atoms with Gasteiger partial charge in [0.1, 0.15) is 0 Å². The number of carbonyl (C=O) groups excluding carboxylic acids is 1. The largest absolute Gasteiger partial charge is 0.315 e. The van der Waals surface area contributed by atoms with Crippen LogP contribution in [0.2, 0.25) is 0 Å². The Balaban J connectivity index is 1.87. The van der Waals surface area contributed by atoms with Gasteiger partial charge in [-0.3, -0.25) is 15.0 Å². The van der Waals surface area contributed by atoms with Crippen molar-refractivity contribution in [1.29, 1.82) is 0 Å². The summed E-state index contributed by atoms with van der Waals surface area (Å²) in [4.78, 5) is 18.2. The Kier molecular flexibility index (Phi) is 4.75. The Hall–Kier alpha value is -1.60. The number of aryl methyl sites for hydroxylation is 2. The molecule has 1 amide bonds. The number of hydrogen-bond donors (Lipinski definition) is 2. The SMILES string of the molecule is Cc1nnc(NC(=O)CN2CCCNCC2)nc1C. The molecule has 2 N–H and O–H groups in total. The van der Waals surface area contributed by atoms with Crippen LogP contribution in [0.5, 0.6) is 0 Å². The maximum Gasteiger partial charge on any atom is 0.249 e. The Morgan fingerprint density at radius 2 is 2.11 bits per heavy atom. The van der Waals surface area contributed by atoms with Crippen molar-refractivity contribution in [2.45, 2.75) is 20.3 Å². The zero-order chi connectivity index (χ0) is 13.7. The molecule has 0 spiro atoms. The van der Waals surface area contributed by atoms with Crippen LogP contribution < -0.4 is 10.6 Å². The minimum Gasteiger partial charge on any atom is -0.315 e. The predicted octanol–water partition coefficient (Wildman–Crippen LogP) is -0.278. The maximum absolute atomic E-state index is 11.9. The lowest BCUT2D eigenvalue weighted by molar-refractivity contribution is -0.117. The van der Waals surface area contributed by atoms with E-state index >= 15 is 0 Å². The molecule has 2 rings (SSSR count). The third-order valence-corrected chi connectivity index (χ3v) is 3.14. The van der Waals surface area contributed by atoms with Crippen molar-refractivity contribution in [3.63, 3.8) is 0 Å². The summed E-state index contributed by atoms with van der Waals surface area (Å²) in [6.07, 6.45) is 1.06. The van der Waals surface area contributed by atoms with E-state index in [1.165, 1.54) is 0 Å². The molecule has 7 nitrogen and oxygen atoms in total. The average molecular weight is 264 g/mol. The first kappa shape index (κ1) is 13.8. The Labute approximate surface area is 112 Å². The van der Waals surface area contributed by atoms with E-state index in [1.54, 1.807) is 0 Å². The fourth-order valence-corrected chi connectivity index (χ4v) is 1.94. The van der Waals surface area contributed by atoms with Gasteiger partial charge >= 0.3 is 0 Å². The monoisotopic (exact) mass is 264 g/mol. The Bertz CT molecular complexity index is 442. The van der Waals surface area contributed by atoms with Gasteiger partial charge in [0, 0.05) is 13.1 Å². The number of anilines is 1. The molecule has 1 aliphatic heterocycles. The molecule has 0 aliphatic carbocycles. The molecule has 1 fully saturated rings. The van der Waals surface area contributed by atoms with Gasteiger partial charge in [0.25, 0.3) is 0 Å². The molecule has 0 aromatic carbocycles. The van der Waals surface area contributed by atoms with E-state index < -0.39 is 0 Å². The topological polar surface area (TPSA) is 83.0 Å². The smallest absolute Gasteiger partial charge is 0.249 e. The molecule has 1 aliphatic rings. The summed E-state index contributed by atoms with van der Waals surface area (Å²) >= 11 is 0. The molecule has 1 aromatic rings. The highest BCUT2D eigenvalue weighted by Gasteiger charge is 2.13. The van der Waals surface area contributed by atoms with E-state index in [1.807, 2.05) is 13.8 Å². The summed E-state index contributed by atoms with van der Waals surface area (Å²) in [5.41, 5.74) is 1.56. The molecule has 104 valence electrons. The van der Waals surface area contributed by atoms with Crippen LogP contribution in [-0.2, 0) is 4.79 Å². The summed E-state index contributed by atoms with van der Waals surface area (Å²) in [5, 5.41) is 13.8. The van der Waals surface area contributed by atoms with Gasteiger partial charge in [-0.05, 0) is 33.4 Å². The number of hydrogen-bond acceptors (Lipinski definition) is 6. The van der Waals surface area contributed by atoms with E-state index in [0.717, 1.165) is 44.0 Å². The predicted molar refractivity (Wildman–Crippen MR) is 71.9 cm³/mol. The average Bonchev–Trinajstić information content (AvgIpc) is 2.62. The van der Waals surface area contributed by atoms with E-state index in [9.17, 15) is 4.79 Å². The minimum absolute atomic E-state index is 0.0908. The van der Waals surface area contributed by atoms with Gasteiger partial charge in [0.05, 0.1) is 17.9 Å². The molecule has 7 heteroatoms. The van der Waals surface area contributed by atoms with Gasteiger partial charge < -0.3 is 5.32 Å². The lowest BCUT2D eigenvalue weighted by Gasteiger charge is -2.18. The second-order valence-electron chi connectivity index (χ2n) is 4.73. The van der Waals surface area contributed by atoms with Crippen LogP contribution >= 0.6 is 0 Å². The first-order valence-electron chi connectivity index (χ1n) is 6.56. The van der Waals surface area contributed by atoms with Crippen molar-refractivity contribution in [2.24, 2.45) is 0 Å². The molecule has 19 heavy (non-hydrogen) atoms. The quantitative estimate of drug-likeness (QED) is 0.781. The summed E-state index contributed by atoms with van der Waals surface area (Å²) in [7, 11) is 0. The number of rotatable bonds is 3. The number of nitrogens with one attached hydrogen (secondary N) is 2. The minimum atomic E-state index is -0.0908. The van der Waals surface area contributed by atoms with Crippen molar-refractivity contribution < 1.29 is 4.79 Å². The van der Waals surface area contributed by atoms with Gasteiger partial charge in [-0.1, -0.05) is 0 Å². The Morgan fingerprint density at radius 1 is 1.26 bits per heavy atom. The molecule has 0 bridgehead atoms. The highest BCUT2D eigenvalue weighted by molar-refractivity contribution is 5.90. The fourth-order valence-electron chi connectivity index (χ4n) is 1.94. The molecule has 2 heterocycles. The van der Waals surface area contributed by atoms with Crippen LogP contribution in [0.25, 0.3) is 0 Å². The maximum atomic E-state index is 11.9. The molecule has 1 aromatic heterocycles. The van der Waals surface area contributed by atoms with Crippen LogP contribution in [0.4, 0.5) is 5.95 Å². The highest BCUT2D eigenvalue weighted by Crippen LogP contribution is 2.02. The summed E-state index contributed by atoms with van der Waals surface area (Å²) in [6, 6.07) is 0. The first-order valence-corrected chi connectivity index (χ1v) is 6.56. The molecule has 0 saturated carbocycles. The second-order valence-corrected chi connectivity index (χ2v) is 4.73. The van der Waals surface area contributed by atoms with E-state index in [2.05, 4.69) is 30.7 Å². The van der Waals surface area contributed by atoms with E-state index in [-0.39, 0.29) is 11.9 Å². The van der Waals surface area contributed by atoms with E-state index in [4.69, 9.17) is 0 Å². The molecular formula is C12H20N6O. The van der Waals surface area contributed by atoms with E-state index in [0.29, 0.717) is 6.54 Å². The number of amides is 1. The molecule has 0 atom stereocenters.